The number of hydrogen-bond donors (Lipinski definition) is 0. The molecule has 0 aliphatic carbocycles. The molecule has 0 spiro atoms. The summed E-state index contributed by atoms with van der Waals surface area (Å²) in [7, 11) is 3.17. The topological polar surface area (TPSA) is 85.8 Å². The Labute approximate surface area is 173 Å². The monoisotopic (exact) mass is 415 g/mol. The van der Waals surface area contributed by atoms with E-state index >= 15 is 0 Å². The summed E-state index contributed by atoms with van der Waals surface area (Å²) < 4.78 is 18.3. The Balaban J connectivity index is 1.57. The zero-order valence-corrected chi connectivity index (χ0v) is 16.9. The summed E-state index contributed by atoms with van der Waals surface area (Å²) in [5, 5.41) is 0. The first-order chi connectivity index (χ1) is 14.3. The minimum absolute atomic E-state index is 0.229. The van der Waals surface area contributed by atoms with Crippen LogP contribution in [0.2, 0.25) is 0 Å². The van der Waals surface area contributed by atoms with E-state index in [9.17, 15) is 18.8 Å². The van der Waals surface area contributed by atoms with Crippen molar-refractivity contribution in [3.05, 3.63) is 47.5 Å². The third kappa shape index (κ3) is 3.13. The number of urea groups is 1. The Kier molecular flexibility index (Phi) is 5.02. The molecule has 1 fully saturated rings. The zero-order chi connectivity index (χ0) is 21.6. The number of carbonyl (C=O) groups excluding carboxylic acids is 3. The average molecular weight is 415 g/mol. The number of hydrogen-bond acceptors (Lipinski definition) is 7. The Morgan fingerprint density at radius 1 is 1.20 bits per heavy atom. The number of amides is 3. The van der Waals surface area contributed by atoms with Gasteiger partial charge in [-0.05, 0) is 31.2 Å². The molecule has 158 valence electrons. The van der Waals surface area contributed by atoms with Crippen LogP contribution < -0.4 is 0 Å². The van der Waals surface area contributed by atoms with Crippen molar-refractivity contribution in [3.63, 3.8) is 0 Å². The highest BCUT2D eigenvalue weighted by atomic mass is 19.1. The van der Waals surface area contributed by atoms with E-state index in [-0.39, 0.29) is 5.56 Å². The summed E-state index contributed by atoms with van der Waals surface area (Å²) in [5.41, 5.74) is 1.14. The molecule has 3 aliphatic rings. The van der Waals surface area contributed by atoms with Gasteiger partial charge in [-0.2, -0.15) is 0 Å². The van der Waals surface area contributed by atoms with E-state index in [4.69, 9.17) is 4.74 Å². The normalized spacial score (nSPS) is 22.9. The molecule has 3 heterocycles. The molecule has 2 atom stereocenters. The van der Waals surface area contributed by atoms with E-state index in [1.54, 1.807) is 19.1 Å². The third-order valence-corrected chi connectivity index (χ3v) is 5.49. The average Bonchev–Trinajstić information content (AvgIpc) is 3.23. The van der Waals surface area contributed by atoms with Crippen molar-refractivity contribution in [1.82, 2.24) is 19.6 Å². The molecule has 30 heavy (non-hydrogen) atoms. The number of methoxy groups -OCH3 is 1. The van der Waals surface area contributed by atoms with Gasteiger partial charge in [-0.15, -0.1) is 0 Å². The van der Waals surface area contributed by atoms with Crippen LogP contribution in [-0.2, 0) is 9.53 Å². The number of halogens is 1. The fourth-order valence-electron chi connectivity index (χ4n) is 3.88. The van der Waals surface area contributed by atoms with Gasteiger partial charge in [-0.1, -0.05) is 0 Å². The second kappa shape index (κ2) is 7.52. The smallest absolute Gasteiger partial charge is 0.328 e. The van der Waals surface area contributed by atoms with Crippen molar-refractivity contribution in [2.75, 3.05) is 33.9 Å². The minimum Gasteiger partial charge on any atom is -0.383 e. The lowest BCUT2D eigenvalue weighted by Gasteiger charge is -2.39. The molecule has 1 saturated heterocycles. The maximum atomic E-state index is 13.2. The maximum Gasteiger partial charge on any atom is 0.328 e. The number of carbonyl (C=O) groups is 3. The van der Waals surface area contributed by atoms with E-state index in [1.165, 1.54) is 29.2 Å². The van der Waals surface area contributed by atoms with Crippen LogP contribution in [0.4, 0.5) is 9.18 Å². The summed E-state index contributed by atoms with van der Waals surface area (Å²) in [6, 6.07) is 3.66. The molecule has 9 nitrogen and oxygen atoms in total. The van der Waals surface area contributed by atoms with Gasteiger partial charge in [0, 0.05) is 38.2 Å². The standard InChI is InChI=1S/C20H22FN5O4/c1-12-10-25-16-17(22-19(25)24(12)8-9-30-3)23(2)20(29)26(18(16)28)11-15(27)13-4-6-14(21)7-5-13/h4-7,10,16-17H,8-9,11H2,1-3H3. The molecular weight excluding hydrogens is 393 g/mol. The lowest BCUT2D eigenvalue weighted by molar-refractivity contribution is -0.136. The predicted octanol–water partition coefficient (Wildman–Crippen LogP) is 1.09. The number of aliphatic imine (C=N–C) groups is 1. The van der Waals surface area contributed by atoms with E-state index < -0.39 is 42.3 Å². The van der Waals surface area contributed by atoms with Gasteiger partial charge in [0.25, 0.3) is 5.91 Å². The molecule has 0 bridgehead atoms. The van der Waals surface area contributed by atoms with E-state index in [2.05, 4.69) is 4.99 Å². The first kappa shape index (κ1) is 20.0. The van der Waals surface area contributed by atoms with Crippen molar-refractivity contribution in [3.8, 4) is 0 Å². The number of nitrogens with zero attached hydrogens (tertiary/aromatic N) is 5. The molecule has 3 aliphatic heterocycles. The van der Waals surface area contributed by atoms with Crippen LogP contribution in [0, 0.1) is 5.82 Å². The van der Waals surface area contributed by atoms with Gasteiger partial charge in [-0.3, -0.25) is 14.5 Å². The third-order valence-electron chi connectivity index (χ3n) is 5.49. The number of imide groups is 1. The maximum absolute atomic E-state index is 13.2. The van der Waals surface area contributed by atoms with Crippen LogP contribution in [-0.4, -0.2) is 89.3 Å². The van der Waals surface area contributed by atoms with Gasteiger partial charge in [0.15, 0.2) is 18.0 Å². The fraction of sp³-hybridized carbons (Fsp3) is 0.400. The van der Waals surface area contributed by atoms with Crippen molar-refractivity contribution < 1.29 is 23.5 Å². The summed E-state index contributed by atoms with van der Waals surface area (Å²) in [6.07, 6.45) is 1.15. The Morgan fingerprint density at radius 2 is 1.90 bits per heavy atom. The molecule has 0 saturated carbocycles. The summed E-state index contributed by atoms with van der Waals surface area (Å²) in [5.74, 6) is -0.823. The molecule has 0 N–H and O–H groups in total. The van der Waals surface area contributed by atoms with Crippen LogP contribution >= 0.6 is 0 Å². The SMILES string of the molecule is COCCN1C(C)=CN2C1=NC1C2C(=O)N(CC(=O)c2ccc(F)cc2)C(=O)N1C. The largest absolute Gasteiger partial charge is 0.383 e. The lowest BCUT2D eigenvalue weighted by atomic mass is 10.1. The molecule has 0 radical (unpaired) electrons. The van der Waals surface area contributed by atoms with E-state index in [0.29, 0.717) is 19.1 Å². The van der Waals surface area contributed by atoms with Crippen LogP contribution in [0.3, 0.4) is 0 Å². The highest BCUT2D eigenvalue weighted by Gasteiger charge is 2.54. The number of likely N-dealkylation sites (N-methyl/N-ethyl adjacent to an activating group) is 1. The fourth-order valence-corrected chi connectivity index (χ4v) is 3.88. The Hall–Kier alpha value is -3.27. The number of ether oxygens (including phenoxy) is 1. The quantitative estimate of drug-likeness (QED) is 0.647. The first-order valence-corrected chi connectivity index (χ1v) is 9.51. The molecule has 10 heteroatoms. The minimum atomic E-state index is -0.744. The molecule has 3 amide bonds. The van der Waals surface area contributed by atoms with E-state index in [0.717, 1.165) is 10.6 Å². The predicted molar refractivity (Wildman–Crippen MR) is 105 cm³/mol. The molecular formula is C20H22FN5O4. The van der Waals surface area contributed by atoms with Crippen molar-refractivity contribution in [2.45, 2.75) is 19.1 Å². The van der Waals surface area contributed by atoms with Crippen LogP contribution in [0.1, 0.15) is 17.3 Å². The number of guanidine groups is 1. The van der Waals surface area contributed by atoms with E-state index in [1.807, 2.05) is 18.0 Å². The summed E-state index contributed by atoms with van der Waals surface area (Å²) in [4.78, 5) is 49.2. The highest BCUT2D eigenvalue weighted by molar-refractivity contribution is 6.09. The number of fused-ring (bicyclic) bond motifs is 3. The van der Waals surface area contributed by atoms with Gasteiger partial charge >= 0.3 is 6.03 Å². The molecule has 1 aromatic carbocycles. The zero-order valence-electron chi connectivity index (χ0n) is 16.9. The molecule has 2 unspecified atom stereocenters. The van der Waals surface area contributed by atoms with Crippen LogP contribution in [0.15, 0.2) is 41.2 Å². The molecule has 0 aromatic heterocycles. The lowest BCUT2D eigenvalue weighted by Crippen LogP contribution is -2.65. The molecule has 4 rings (SSSR count). The number of rotatable bonds is 6. The van der Waals surface area contributed by atoms with Gasteiger partial charge in [-0.25, -0.2) is 14.2 Å². The first-order valence-electron chi connectivity index (χ1n) is 9.51. The number of Topliss-reactive ketones (excluding diaryl/α,β-unsaturated/α-hetero) is 1. The van der Waals surface area contributed by atoms with Crippen molar-refractivity contribution in [2.24, 2.45) is 4.99 Å². The van der Waals surface area contributed by atoms with Gasteiger partial charge in [0.2, 0.25) is 5.96 Å². The second-order valence-corrected chi connectivity index (χ2v) is 7.36. The van der Waals surface area contributed by atoms with Gasteiger partial charge in [0.05, 0.1) is 13.2 Å². The van der Waals surface area contributed by atoms with Gasteiger partial charge < -0.3 is 19.4 Å². The number of allylic oxidation sites excluding steroid dienone is 1. The van der Waals surface area contributed by atoms with Crippen molar-refractivity contribution >= 4 is 23.7 Å². The Bertz CT molecular complexity index is 960. The van der Waals surface area contributed by atoms with Crippen LogP contribution in [0.5, 0.6) is 0 Å². The highest BCUT2D eigenvalue weighted by Crippen LogP contribution is 2.33. The molecule has 1 aromatic rings. The Morgan fingerprint density at radius 3 is 2.57 bits per heavy atom. The number of ketones is 1. The number of benzene rings is 1. The summed E-state index contributed by atoms with van der Waals surface area (Å²) >= 11 is 0. The second-order valence-electron chi connectivity index (χ2n) is 7.36. The summed E-state index contributed by atoms with van der Waals surface area (Å²) in [6.45, 7) is 2.53. The van der Waals surface area contributed by atoms with Crippen molar-refractivity contribution in [1.29, 1.82) is 0 Å². The van der Waals surface area contributed by atoms with Crippen LogP contribution in [0.25, 0.3) is 0 Å². The van der Waals surface area contributed by atoms with Gasteiger partial charge in [0.1, 0.15) is 5.82 Å².